The highest BCUT2D eigenvalue weighted by molar-refractivity contribution is 7.89. The van der Waals surface area contributed by atoms with Gasteiger partial charge < -0.3 is 5.73 Å². The molecule has 0 radical (unpaired) electrons. The van der Waals surface area contributed by atoms with Gasteiger partial charge in [0.15, 0.2) is 9.84 Å². The molecule has 0 atom stereocenters. The monoisotopic (exact) mass is 263 g/mol. The first-order chi connectivity index (χ1) is 8.46. The van der Waals surface area contributed by atoms with Crippen LogP contribution in [-0.2, 0) is 15.6 Å². The predicted octanol–water partition coefficient (Wildman–Crippen LogP) is 1.27. The Morgan fingerprint density at radius 3 is 2.67 bits per heavy atom. The SMILES string of the molecule is CS(=O)(=O)Cc1ccnc(-c2cccnc2N)c1. The second-order valence-corrected chi connectivity index (χ2v) is 6.20. The molecule has 0 spiro atoms. The molecule has 0 aromatic carbocycles. The van der Waals surface area contributed by atoms with Crippen molar-refractivity contribution in [3.05, 3.63) is 42.2 Å². The van der Waals surface area contributed by atoms with Crippen LogP contribution in [0.4, 0.5) is 5.82 Å². The Hall–Kier alpha value is -1.95. The van der Waals surface area contributed by atoms with E-state index in [1.807, 2.05) is 0 Å². The smallest absolute Gasteiger partial charge is 0.151 e. The summed E-state index contributed by atoms with van der Waals surface area (Å²) in [6.45, 7) is 0. The van der Waals surface area contributed by atoms with Crippen LogP contribution in [0.25, 0.3) is 11.3 Å². The largest absolute Gasteiger partial charge is 0.383 e. The van der Waals surface area contributed by atoms with Gasteiger partial charge >= 0.3 is 0 Å². The third kappa shape index (κ3) is 3.04. The van der Waals surface area contributed by atoms with Crippen LogP contribution in [0.15, 0.2) is 36.7 Å². The topological polar surface area (TPSA) is 85.9 Å². The van der Waals surface area contributed by atoms with Crippen molar-refractivity contribution >= 4 is 15.7 Å². The molecule has 2 aromatic rings. The van der Waals surface area contributed by atoms with Crippen LogP contribution in [0, 0.1) is 0 Å². The number of rotatable bonds is 3. The third-order valence-corrected chi connectivity index (χ3v) is 3.23. The van der Waals surface area contributed by atoms with Crippen LogP contribution in [0.1, 0.15) is 5.56 Å². The zero-order chi connectivity index (χ0) is 13.2. The van der Waals surface area contributed by atoms with Crippen LogP contribution in [0.5, 0.6) is 0 Å². The van der Waals surface area contributed by atoms with Gasteiger partial charge in [0.25, 0.3) is 0 Å². The number of sulfone groups is 1. The maximum atomic E-state index is 11.3. The number of pyridine rings is 2. The minimum Gasteiger partial charge on any atom is -0.383 e. The Morgan fingerprint density at radius 2 is 2.00 bits per heavy atom. The maximum Gasteiger partial charge on any atom is 0.151 e. The second kappa shape index (κ2) is 4.73. The average Bonchev–Trinajstić information content (AvgIpc) is 2.27. The van der Waals surface area contributed by atoms with Crippen LogP contribution >= 0.6 is 0 Å². The van der Waals surface area contributed by atoms with Crippen LogP contribution in [0.3, 0.4) is 0 Å². The zero-order valence-electron chi connectivity index (χ0n) is 9.87. The second-order valence-electron chi connectivity index (χ2n) is 4.06. The molecule has 2 rings (SSSR count). The van der Waals surface area contributed by atoms with E-state index in [1.54, 1.807) is 36.7 Å². The number of anilines is 1. The van der Waals surface area contributed by atoms with Crippen molar-refractivity contribution in [3.8, 4) is 11.3 Å². The van der Waals surface area contributed by atoms with Crippen LogP contribution < -0.4 is 5.73 Å². The zero-order valence-corrected chi connectivity index (χ0v) is 10.7. The van der Waals surface area contributed by atoms with E-state index in [9.17, 15) is 8.42 Å². The molecule has 0 fully saturated rings. The van der Waals surface area contributed by atoms with E-state index >= 15 is 0 Å². The van der Waals surface area contributed by atoms with Gasteiger partial charge in [-0.1, -0.05) is 0 Å². The molecule has 2 aromatic heterocycles. The lowest BCUT2D eigenvalue weighted by Gasteiger charge is -2.05. The Balaban J connectivity index is 2.42. The first-order valence-electron chi connectivity index (χ1n) is 5.29. The molecular weight excluding hydrogens is 250 g/mol. The molecule has 0 saturated carbocycles. The molecule has 5 nitrogen and oxygen atoms in total. The van der Waals surface area contributed by atoms with Crippen molar-refractivity contribution in [2.24, 2.45) is 0 Å². The Kier molecular flexibility index (Phi) is 3.29. The van der Waals surface area contributed by atoms with Crippen molar-refractivity contribution in [1.82, 2.24) is 9.97 Å². The van der Waals surface area contributed by atoms with E-state index in [4.69, 9.17) is 5.73 Å². The van der Waals surface area contributed by atoms with Gasteiger partial charge in [0, 0.05) is 24.2 Å². The fourth-order valence-electron chi connectivity index (χ4n) is 1.65. The Bertz CT molecular complexity index is 669. The van der Waals surface area contributed by atoms with E-state index < -0.39 is 9.84 Å². The van der Waals surface area contributed by atoms with Gasteiger partial charge in [0.05, 0.1) is 11.4 Å². The summed E-state index contributed by atoms with van der Waals surface area (Å²) < 4.78 is 22.5. The normalized spacial score (nSPS) is 11.4. The average molecular weight is 263 g/mol. The van der Waals surface area contributed by atoms with E-state index in [0.717, 1.165) is 0 Å². The molecule has 2 heterocycles. The summed E-state index contributed by atoms with van der Waals surface area (Å²) in [5.74, 6) is 0.365. The lowest BCUT2D eigenvalue weighted by Crippen LogP contribution is -2.01. The quantitative estimate of drug-likeness (QED) is 0.901. The molecule has 0 aliphatic rings. The standard InChI is InChI=1S/C12H13N3O2S/c1-18(16,17)8-9-4-6-14-11(7-9)10-3-2-5-15-12(10)13/h2-7H,8H2,1H3,(H2,13,15). The summed E-state index contributed by atoms with van der Waals surface area (Å²) in [6.07, 6.45) is 4.37. The van der Waals surface area contributed by atoms with Gasteiger partial charge in [-0.3, -0.25) is 4.98 Å². The number of hydrogen-bond donors (Lipinski definition) is 1. The van der Waals surface area contributed by atoms with E-state index in [0.29, 0.717) is 22.6 Å². The fraction of sp³-hybridized carbons (Fsp3) is 0.167. The highest BCUT2D eigenvalue weighted by Gasteiger charge is 2.08. The minimum atomic E-state index is -3.06. The summed E-state index contributed by atoms with van der Waals surface area (Å²) in [7, 11) is -3.06. The van der Waals surface area contributed by atoms with Crippen molar-refractivity contribution in [3.63, 3.8) is 0 Å². The summed E-state index contributed by atoms with van der Waals surface area (Å²) >= 11 is 0. The summed E-state index contributed by atoms with van der Waals surface area (Å²) in [4.78, 5) is 8.16. The third-order valence-electron chi connectivity index (χ3n) is 2.37. The van der Waals surface area contributed by atoms with E-state index in [2.05, 4.69) is 9.97 Å². The molecule has 94 valence electrons. The van der Waals surface area contributed by atoms with Crippen molar-refractivity contribution in [2.45, 2.75) is 5.75 Å². The summed E-state index contributed by atoms with van der Waals surface area (Å²) in [5.41, 5.74) is 7.77. The fourth-order valence-corrected chi connectivity index (χ4v) is 2.43. The van der Waals surface area contributed by atoms with Crippen LogP contribution in [0.2, 0.25) is 0 Å². The molecule has 0 bridgehead atoms. The molecule has 0 amide bonds. The van der Waals surface area contributed by atoms with Crippen molar-refractivity contribution in [1.29, 1.82) is 0 Å². The maximum absolute atomic E-state index is 11.3. The Labute approximate surface area is 106 Å². The van der Waals surface area contributed by atoms with E-state index in [1.165, 1.54) is 6.26 Å². The molecule has 0 aliphatic heterocycles. The number of hydrogen-bond acceptors (Lipinski definition) is 5. The molecule has 0 aliphatic carbocycles. The summed E-state index contributed by atoms with van der Waals surface area (Å²) in [5, 5.41) is 0. The van der Waals surface area contributed by atoms with Gasteiger partial charge in [0.1, 0.15) is 5.82 Å². The summed E-state index contributed by atoms with van der Waals surface area (Å²) in [6, 6.07) is 6.96. The number of nitrogens with zero attached hydrogens (tertiary/aromatic N) is 2. The van der Waals surface area contributed by atoms with Gasteiger partial charge in [-0.05, 0) is 29.8 Å². The van der Waals surface area contributed by atoms with Gasteiger partial charge in [-0.15, -0.1) is 0 Å². The Morgan fingerprint density at radius 1 is 1.22 bits per heavy atom. The lowest BCUT2D eigenvalue weighted by atomic mass is 10.1. The predicted molar refractivity (Wildman–Crippen MR) is 70.4 cm³/mol. The highest BCUT2D eigenvalue weighted by atomic mass is 32.2. The first-order valence-corrected chi connectivity index (χ1v) is 7.35. The molecular formula is C12H13N3O2S. The number of nitrogen functional groups attached to an aromatic ring is 1. The van der Waals surface area contributed by atoms with Crippen molar-refractivity contribution in [2.75, 3.05) is 12.0 Å². The van der Waals surface area contributed by atoms with Gasteiger partial charge in [-0.2, -0.15) is 0 Å². The number of nitrogens with two attached hydrogens (primary N) is 1. The van der Waals surface area contributed by atoms with Gasteiger partial charge in [0.2, 0.25) is 0 Å². The molecule has 0 saturated heterocycles. The molecule has 18 heavy (non-hydrogen) atoms. The molecule has 2 N–H and O–H groups in total. The molecule has 0 unspecified atom stereocenters. The minimum absolute atomic E-state index is 0.0112. The lowest BCUT2D eigenvalue weighted by molar-refractivity contribution is 0.601. The van der Waals surface area contributed by atoms with E-state index in [-0.39, 0.29) is 5.75 Å². The van der Waals surface area contributed by atoms with Crippen molar-refractivity contribution < 1.29 is 8.42 Å². The van der Waals surface area contributed by atoms with Gasteiger partial charge in [-0.25, -0.2) is 13.4 Å². The first kappa shape index (κ1) is 12.5. The highest BCUT2D eigenvalue weighted by Crippen LogP contribution is 2.22. The van der Waals surface area contributed by atoms with Crippen LogP contribution in [-0.4, -0.2) is 24.6 Å². The number of aromatic nitrogens is 2. The molecule has 6 heteroatoms.